The molecule has 2 atom stereocenters. The van der Waals surface area contributed by atoms with Gasteiger partial charge in [0.1, 0.15) is 5.82 Å². The number of nitrogens with one attached hydrogen (secondary N) is 1. The van der Waals surface area contributed by atoms with E-state index < -0.39 is 0 Å². The van der Waals surface area contributed by atoms with Gasteiger partial charge < -0.3 is 15.0 Å². The van der Waals surface area contributed by atoms with Gasteiger partial charge in [0.15, 0.2) is 0 Å². The van der Waals surface area contributed by atoms with Gasteiger partial charge in [-0.15, -0.1) is 0 Å². The van der Waals surface area contributed by atoms with Gasteiger partial charge in [-0.05, 0) is 32.9 Å². The molecule has 0 aliphatic carbocycles. The Labute approximate surface area is 114 Å². The molecule has 0 saturated carbocycles. The molecule has 104 valence electrons. The minimum Gasteiger partial charge on any atom is -0.462 e. The molecule has 1 fully saturated rings. The fourth-order valence-electron chi connectivity index (χ4n) is 2.42. The van der Waals surface area contributed by atoms with Crippen molar-refractivity contribution in [2.24, 2.45) is 0 Å². The van der Waals surface area contributed by atoms with Gasteiger partial charge >= 0.3 is 5.97 Å². The summed E-state index contributed by atoms with van der Waals surface area (Å²) in [5.74, 6) is 0.594. The summed E-state index contributed by atoms with van der Waals surface area (Å²) < 4.78 is 4.94. The highest BCUT2D eigenvalue weighted by atomic mass is 16.5. The average Bonchev–Trinajstić information content (AvgIpc) is 2.38. The minimum absolute atomic E-state index is 0.316. The molecular formula is C14H21N3O2. The van der Waals surface area contributed by atoms with Crippen LogP contribution in [0.5, 0.6) is 0 Å². The second-order valence-electron chi connectivity index (χ2n) is 5.00. The molecule has 2 heterocycles. The Hall–Kier alpha value is -1.62. The van der Waals surface area contributed by atoms with E-state index in [1.54, 1.807) is 19.2 Å². The molecule has 19 heavy (non-hydrogen) atoms. The SMILES string of the molecule is CCOC(=O)c1ccc(N2C[C@@H](C)N[C@@H](C)C2)nc1. The smallest absolute Gasteiger partial charge is 0.339 e. The maximum Gasteiger partial charge on any atom is 0.339 e. The van der Waals surface area contributed by atoms with Gasteiger partial charge in [0.2, 0.25) is 0 Å². The number of hydrogen-bond donors (Lipinski definition) is 1. The van der Waals surface area contributed by atoms with E-state index in [1.807, 2.05) is 6.07 Å². The molecule has 1 aromatic heterocycles. The topological polar surface area (TPSA) is 54.5 Å². The zero-order chi connectivity index (χ0) is 13.8. The maximum atomic E-state index is 11.6. The van der Waals surface area contributed by atoms with E-state index in [4.69, 9.17) is 4.74 Å². The van der Waals surface area contributed by atoms with Crippen LogP contribution in [-0.4, -0.2) is 42.7 Å². The number of rotatable bonds is 3. The lowest BCUT2D eigenvalue weighted by molar-refractivity contribution is 0.0526. The lowest BCUT2D eigenvalue weighted by Gasteiger charge is -2.36. The summed E-state index contributed by atoms with van der Waals surface area (Å²) in [6, 6.07) is 4.54. The molecule has 1 aliphatic rings. The zero-order valence-corrected chi connectivity index (χ0v) is 11.7. The van der Waals surface area contributed by atoms with Crippen molar-refractivity contribution in [2.45, 2.75) is 32.9 Å². The summed E-state index contributed by atoms with van der Waals surface area (Å²) >= 11 is 0. The molecule has 0 radical (unpaired) electrons. The van der Waals surface area contributed by atoms with Crippen molar-refractivity contribution in [3.63, 3.8) is 0 Å². The van der Waals surface area contributed by atoms with Crippen LogP contribution < -0.4 is 10.2 Å². The van der Waals surface area contributed by atoms with Crippen molar-refractivity contribution >= 4 is 11.8 Å². The van der Waals surface area contributed by atoms with Crippen LogP contribution in [0.2, 0.25) is 0 Å². The number of nitrogens with zero attached hydrogens (tertiary/aromatic N) is 2. The molecule has 0 bridgehead atoms. The van der Waals surface area contributed by atoms with E-state index in [-0.39, 0.29) is 5.97 Å². The standard InChI is InChI=1S/C14H21N3O2/c1-4-19-14(18)12-5-6-13(15-7-12)17-8-10(2)16-11(3)9-17/h5-7,10-11,16H,4,8-9H2,1-3H3/t10-,11+. The third-order valence-electron chi connectivity index (χ3n) is 3.14. The van der Waals surface area contributed by atoms with Gasteiger partial charge in [0, 0.05) is 31.4 Å². The number of hydrogen-bond acceptors (Lipinski definition) is 5. The number of pyridine rings is 1. The highest BCUT2D eigenvalue weighted by Crippen LogP contribution is 2.15. The number of esters is 1. The van der Waals surface area contributed by atoms with Gasteiger partial charge in [-0.1, -0.05) is 0 Å². The Morgan fingerprint density at radius 3 is 2.63 bits per heavy atom. The Morgan fingerprint density at radius 1 is 1.42 bits per heavy atom. The van der Waals surface area contributed by atoms with Crippen molar-refractivity contribution in [1.29, 1.82) is 0 Å². The van der Waals surface area contributed by atoms with Crippen LogP contribution in [0.3, 0.4) is 0 Å². The van der Waals surface area contributed by atoms with Crippen molar-refractivity contribution < 1.29 is 9.53 Å². The van der Waals surface area contributed by atoms with Gasteiger partial charge in [0.25, 0.3) is 0 Å². The monoisotopic (exact) mass is 263 g/mol. The van der Waals surface area contributed by atoms with Crippen LogP contribution in [0.4, 0.5) is 5.82 Å². The summed E-state index contributed by atoms with van der Waals surface area (Å²) in [6.45, 7) is 8.36. The molecule has 5 heteroatoms. The van der Waals surface area contributed by atoms with E-state index >= 15 is 0 Å². The van der Waals surface area contributed by atoms with Crippen LogP contribution in [-0.2, 0) is 4.74 Å². The van der Waals surface area contributed by atoms with Gasteiger partial charge in [-0.2, -0.15) is 0 Å². The molecule has 5 nitrogen and oxygen atoms in total. The predicted molar refractivity (Wildman–Crippen MR) is 74.5 cm³/mol. The molecule has 0 unspecified atom stereocenters. The van der Waals surface area contributed by atoms with Crippen molar-refractivity contribution in [2.75, 3.05) is 24.6 Å². The number of ether oxygens (including phenoxy) is 1. The summed E-state index contributed by atoms with van der Waals surface area (Å²) in [5.41, 5.74) is 0.502. The lowest BCUT2D eigenvalue weighted by Crippen LogP contribution is -2.54. The summed E-state index contributed by atoms with van der Waals surface area (Å²) in [7, 11) is 0. The first kappa shape index (κ1) is 13.8. The number of piperazine rings is 1. The zero-order valence-electron chi connectivity index (χ0n) is 11.7. The first-order valence-corrected chi connectivity index (χ1v) is 6.74. The van der Waals surface area contributed by atoms with Crippen molar-refractivity contribution in [3.05, 3.63) is 23.9 Å². The molecule has 1 aliphatic heterocycles. The predicted octanol–water partition coefficient (Wildman–Crippen LogP) is 1.44. The van der Waals surface area contributed by atoms with Gasteiger partial charge in [0.05, 0.1) is 12.2 Å². The molecule has 1 saturated heterocycles. The fourth-order valence-corrected chi connectivity index (χ4v) is 2.42. The number of carbonyl (C=O) groups excluding carboxylic acids is 1. The number of carbonyl (C=O) groups is 1. The summed E-state index contributed by atoms with van der Waals surface area (Å²) in [5, 5.41) is 3.48. The van der Waals surface area contributed by atoms with Crippen LogP contribution in [0.1, 0.15) is 31.1 Å². The van der Waals surface area contributed by atoms with E-state index in [0.717, 1.165) is 18.9 Å². The van der Waals surface area contributed by atoms with Crippen LogP contribution in [0.15, 0.2) is 18.3 Å². The first-order valence-electron chi connectivity index (χ1n) is 6.74. The molecule has 0 aromatic carbocycles. The Morgan fingerprint density at radius 2 is 2.11 bits per heavy atom. The van der Waals surface area contributed by atoms with E-state index in [1.165, 1.54) is 0 Å². The van der Waals surface area contributed by atoms with Gasteiger partial charge in [-0.3, -0.25) is 0 Å². The maximum absolute atomic E-state index is 11.6. The van der Waals surface area contributed by atoms with Crippen molar-refractivity contribution in [1.82, 2.24) is 10.3 Å². The van der Waals surface area contributed by atoms with Crippen LogP contribution in [0, 0.1) is 0 Å². The Kier molecular flexibility index (Phi) is 4.37. The molecule has 1 aromatic rings. The quantitative estimate of drug-likeness (QED) is 0.836. The molecular weight excluding hydrogens is 242 g/mol. The molecule has 1 N–H and O–H groups in total. The van der Waals surface area contributed by atoms with Crippen LogP contribution in [0.25, 0.3) is 0 Å². The highest BCUT2D eigenvalue weighted by Gasteiger charge is 2.22. The second kappa shape index (κ2) is 6.02. The average molecular weight is 263 g/mol. The highest BCUT2D eigenvalue weighted by molar-refractivity contribution is 5.89. The molecule has 0 spiro atoms. The third kappa shape index (κ3) is 3.44. The number of aromatic nitrogens is 1. The van der Waals surface area contributed by atoms with E-state index in [9.17, 15) is 4.79 Å². The molecule has 2 rings (SSSR count). The van der Waals surface area contributed by atoms with Crippen LogP contribution >= 0.6 is 0 Å². The van der Waals surface area contributed by atoms with E-state index in [0.29, 0.717) is 24.3 Å². The number of anilines is 1. The third-order valence-corrected chi connectivity index (χ3v) is 3.14. The minimum atomic E-state index is -0.316. The van der Waals surface area contributed by atoms with Gasteiger partial charge in [-0.25, -0.2) is 9.78 Å². The first-order chi connectivity index (χ1) is 9.10. The summed E-state index contributed by atoms with van der Waals surface area (Å²) in [6.07, 6.45) is 1.59. The largest absolute Gasteiger partial charge is 0.462 e. The molecule has 0 amide bonds. The lowest BCUT2D eigenvalue weighted by atomic mass is 10.1. The Balaban J connectivity index is 2.07. The second-order valence-corrected chi connectivity index (χ2v) is 5.00. The van der Waals surface area contributed by atoms with E-state index in [2.05, 4.69) is 29.0 Å². The summed E-state index contributed by atoms with van der Waals surface area (Å²) in [4.78, 5) is 18.2. The normalized spacial score (nSPS) is 23.2. The van der Waals surface area contributed by atoms with Crippen molar-refractivity contribution in [3.8, 4) is 0 Å². The Bertz CT molecular complexity index is 423. The fraction of sp³-hybridized carbons (Fsp3) is 0.571.